The number of benzene rings is 2. The number of esters is 2. The molecule has 0 radical (unpaired) electrons. The second-order valence-electron chi connectivity index (χ2n) is 7.07. The van der Waals surface area contributed by atoms with Crippen molar-refractivity contribution in [2.24, 2.45) is 5.92 Å². The second kappa shape index (κ2) is 11.0. The first kappa shape index (κ1) is 25.9. The maximum atomic E-state index is 14.1. The maximum Gasteiger partial charge on any atom is 0.432 e. The number of methoxy groups -OCH3 is 2. The smallest absolute Gasteiger partial charge is 0.432 e. The van der Waals surface area contributed by atoms with Crippen molar-refractivity contribution < 1.29 is 41.8 Å². The van der Waals surface area contributed by atoms with Crippen LogP contribution in [-0.4, -0.2) is 50.9 Å². The van der Waals surface area contributed by atoms with Crippen molar-refractivity contribution in [3.05, 3.63) is 71.8 Å². The van der Waals surface area contributed by atoms with Crippen molar-refractivity contribution in [1.82, 2.24) is 5.32 Å². The maximum absolute atomic E-state index is 14.1. The van der Waals surface area contributed by atoms with Crippen LogP contribution in [0.2, 0.25) is 0 Å². The van der Waals surface area contributed by atoms with E-state index >= 15 is 0 Å². The standard InChI is InChI=1S/C23H24F3NO6/c1-15(18(20(29)31-2)14-27-19(28)16-10-6-4-7-11-16)33-21(30)22(32-3,23(24,25)26)17-12-8-5-9-13-17/h4-13,15,18H,14H2,1-3H3,(H,27,28)/t15-,18-,22-/m1/s1. The summed E-state index contributed by atoms with van der Waals surface area (Å²) in [4.78, 5) is 37.4. The van der Waals surface area contributed by atoms with Crippen molar-refractivity contribution in [2.75, 3.05) is 20.8 Å². The zero-order chi connectivity index (χ0) is 24.6. The van der Waals surface area contributed by atoms with E-state index in [1.807, 2.05) is 0 Å². The number of amides is 1. The van der Waals surface area contributed by atoms with Gasteiger partial charge in [0, 0.05) is 24.8 Å². The van der Waals surface area contributed by atoms with Gasteiger partial charge in [0.05, 0.1) is 7.11 Å². The summed E-state index contributed by atoms with van der Waals surface area (Å²) in [5, 5.41) is 2.50. The van der Waals surface area contributed by atoms with Crippen LogP contribution in [0.1, 0.15) is 22.8 Å². The quantitative estimate of drug-likeness (QED) is 0.570. The third-order valence-electron chi connectivity index (χ3n) is 5.06. The van der Waals surface area contributed by atoms with Crippen molar-refractivity contribution in [1.29, 1.82) is 0 Å². The summed E-state index contributed by atoms with van der Waals surface area (Å²) in [6, 6.07) is 14.4. The summed E-state index contributed by atoms with van der Waals surface area (Å²) in [6.07, 6.45) is -6.55. The minimum atomic E-state index is -5.16. The first-order chi connectivity index (χ1) is 15.6. The van der Waals surface area contributed by atoms with Gasteiger partial charge in [-0.05, 0) is 19.1 Å². The molecule has 0 fully saturated rings. The molecular formula is C23H24F3NO6. The van der Waals surface area contributed by atoms with Crippen LogP contribution in [0.5, 0.6) is 0 Å². The van der Waals surface area contributed by atoms with Gasteiger partial charge < -0.3 is 19.5 Å². The highest BCUT2D eigenvalue weighted by Crippen LogP contribution is 2.43. The molecule has 0 aliphatic carbocycles. The third-order valence-corrected chi connectivity index (χ3v) is 5.06. The van der Waals surface area contributed by atoms with E-state index in [2.05, 4.69) is 14.8 Å². The minimum Gasteiger partial charge on any atom is -0.469 e. The summed E-state index contributed by atoms with van der Waals surface area (Å²) < 4.78 is 56.6. The van der Waals surface area contributed by atoms with Gasteiger partial charge in [0.15, 0.2) is 0 Å². The van der Waals surface area contributed by atoms with E-state index in [4.69, 9.17) is 4.74 Å². The molecule has 0 aliphatic heterocycles. The molecule has 0 unspecified atom stereocenters. The predicted molar refractivity (Wildman–Crippen MR) is 111 cm³/mol. The highest BCUT2D eigenvalue weighted by molar-refractivity contribution is 5.94. The Morgan fingerprint density at radius 3 is 1.97 bits per heavy atom. The number of hydrogen-bond acceptors (Lipinski definition) is 6. The largest absolute Gasteiger partial charge is 0.469 e. The number of alkyl halides is 3. The number of carbonyl (C=O) groups is 3. The van der Waals surface area contributed by atoms with Gasteiger partial charge in [-0.3, -0.25) is 9.59 Å². The number of halogens is 3. The van der Waals surface area contributed by atoms with Crippen LogP contribution < -0.4 is 5.32 Å². The van der Waals surface area contributed by atoms with E-state index in [0.717, 1.165) is 26.4 Å². The molecule has 1 N–H and O–H groups in total. The Labute approximate surface area is 188 Å². The molecule has 2 rings (SSSR count). The van der Waals surface area contributed by atoms with Crippen molar-refractivity contribution in [3.63, 3.8) is 0 Å². The number of carbonyl (C=O) groups excluding carboxylic acids is 3. The summed E-state index contributed by atoms with van der Waals surface area (Å²) in [7, 11) is 1.81. The van der Waals surface area contributed by atoms with Gasteiger partial charge in [-0.2, -0.15) is 13.2 Å². The van der Waals surface area contributed by atoms with Crippen molar-refractivity contribution in [2.45, 2.75) is 24.8 Å². The lowest BCUT2D eigenvalue weighted by Crippen LogP contribution is -2.53. The third kappa shape index (κ3) is 5.70. The van der Waals surface area contributed by atoms with E-state index < -0.39 is 47.2 Å². The summed E-state index contributed by atoms with van der Waals surface area (Å²) in [6.45, 7) is 0.891. The highest BCUT2D eigenvalue weighted by Gasteiger charge is 2.64. The van der Waals surface area contributed by atoms with Gasteiger partial charge in [0.2, 0.25) is 0 Å². The number of hydrogen-bond donors (Lipinski definition) is 1. The van der Waals surface area contributed by atoms with Crippen LogP contribution >= 0.6 is 0 Å². The highest BCUT2D eigenvalue weighted by atomic mass is 19.4. The van der Waals surface area contributed by atoms with Crippen LogP contribution in [-0.2, 0) is 29.4 Å². The number of nitrogens with one attached hydrogen (secondary N) is 1. The lowest BCUT2D eigenvalue weighted by Gasteiger charge is -2.34. The molecule has 0 aromatic heterocycles. The molecule has 0 aliphatic rings. The van der Waals surface area contributed by atoms with Crippen molar-refractivity contribution in [3.8, 4) is 0 Å². The van der Waals surface area contributed by atoms with Crippen LogP contribution in [0.4, 0.5) is 13.2 Å². The normalized spacial score (nSPS) is 15.0. The topological polar surface area (TPSA) is 90.9 Å². The average molecular weight is 467 g/mol. The van der Waals surface area contributed by atoms with Crippen LogP contribution in [0.3, 0.4) is 0 Å². The molecule has 2 aromatic carbocycles. The first-order valence-electron chi connectivity index (χ1n) is 9.88. The molecule has 10 heteroatoms. The molecular weight excluding hydrogens is 443 g/mol. The van der Waals surface area contributed by atoms with E-state index in [9.17, 15) is 27.6 Å². The molecule has 1 amide bonds. The molecule has 178 valence electrons. The Balaban J connectivity index is 2.25. The Morgan fingerprint density at radius 2 is 1.48 bits per heavy atom. The molecule has 3 atom stereocenters. The van der Waals surface area contributed by atoms with Gasteiger partial charge in [-0.15, -0.1) is 0 Å². The molecule has 0 saturated heterocycles. The fraction of sp³-hybridized carbons (Fsp3) is 0.348. The lowest BCUT2D eigenvalue weighted by atomic mass is 9.92. The monoisotopic (exact) mass is 467 g/mol. The fourth-order valence-corrected chi connectivity index (χ4v) is 3.21. The van der Waals surface area contributed by atoms with E-state index in [1.54, 1.807) is 30.3 Å². The molecule has 0 spiro atoms. The van der Waals surface area contributed by atoms with Gasteiger partial charge in [-0.25, -0.2) is 4.79 Å². The zero-order valence-electron chi connectivity index (χ0n) is 18.2. The fourth-order valence-electron chi connectivity index (χ4n) is 3.21. The van der Waals surface area contributed by atoms with E-state index in [1.165, 1.54) is 25.1 Å². The first-order valence-corrected chi connectivity index (χ1v) is 9.88. The Kier molecular flexibility index (Phi) is 8.58. The van der Waals surface area contributed by atoms with E-state index in [-0.39, 0.29) is 6.54 Å². The Morgan fingerprint density at radius 1 is 0.939 bits per heavy atom. The van der Waals surface area contributed by atoms with Crippen LogP contribution in [0, 0.1) is 5.92 Å². The number of rotatable bonds is 9. The van der Waals surface area contributed by atoms with Gasteiger partial charge in [0.25, 0.3) is 11.5 Å². The van der Waals surface area contributed by atoms with Crippen LogP contribution in [0.15, 0.2) is 60.7 Å². The lowest BCUT2D eigenvalue weighted by molar-refractivity contribution is -0.278. The predicted octanol–water partition coefficient (Wildman–Crippen LogP) is 3.24. The van der Waals surface area contributed by atoms with Crippen molar-refractivity contribution >= 4 is 17.8 Å². The van der Waals surface area contributed by atoms with E-state index in [0.29, 0.717) is 5.56 Å². The molecule has 2 aromatic rings. The summed E-state index contributed by atoms with van der Waals surface area (Å²) in [5.74, 6) is -4.42. The van der Waals surface area contributed by atoms with Gasteiger partial charge >= 0.3 is 18.1 Å². The zero-order valence-corrected chi connectivity index (χ0v) is 18.2. The van der Waals surface area contributed by atoms with Crippen LogP contribution in [0.25, 0.3) is 0 Å². The van der Waals surface area contributed by atoms with Gasteiger partial charge in [0.1, 0.15) is 12.0 Å². The molecule has 0 heterocycles. The molecule has 0 saturated carbocycles. The molecule has 7 nitrogen and oxygen atoms in total. The van der Waals surface area contributed by atoms with Gasteiger partial charge in [-0.1, -0.05) is 48.5 Å². The number of ether oxygens (including phenoxy) is 3. The second-order valence-corrected chi connectivity index (χ2v) is 7.07. The minimum absolute atomic E-state index is 0.310. The Hall–Kier alpha value is -3.40. The average Bonchev–Trinajstić information content (AvgIpc) is 2.80. The SMILES string of the molecule is COC(=O)[C@H](CNC(=O)c1ccccc1)[C@@H](C)OC(=O)[C@](OC)(c1ccccc1)C(F)(F)F. The molecule has 33 heavy (non-hydrogen) atoms. The summed E-state index contributed by atoms with van der Waals surface area (Å²) >= 11 is 0. The summed E-state index contributed by atoms with van der Waals surface area (Å²) in [5.41, 5.74) is -3.58. The molecule has 0 bridgehead atoms. The Bertz CT molecular complexity index is 952.